The fourth-order valence-corrected chi connectivity index (χ4v) is 5.96. The van der Waals surface area contributed by atoms with Crippen LogP contribution in [0.4, 0.5) is 0 Å². The Hall–Kier alpha value is -4.15. The number of hydrogen-bond donors (Lipinski definition) is 2. The Balaban J connectivity index is 1.82. The van der Waals surface area contributed by atoms with Crippen molar-refractivity contribution in [2.24, 2.45) is 0 Å². The fourth-order valence-electron chi connectivity index (χ4n) is 5.56. The van der Waals surface area contributed by atoms with Crippen molar-refractivity contribution in [2.45, 2.75) is 10.3 Å². The van der Waals surface area contributed by atoms with E-state index >= 15 is 0 Å². The van der Waals surface area contributed by atoms with E-state index in [2.05, 4.69) is 119 Å². The van der Waals surface area contributed by atoms with E-state index in [1.807, 2.05) is 18.3 Å². The van der Waals surface area contributed by atoms with E-state index in [9.17, 15) is 0 Å². The summed E-state index contributed by atoms with van der Waals surface area (Å²) in [5.41, 5.74) is 7.15. The van der Waals surface area contributed by atoms with Gasteiger partial charge in [0.15, 0.2) is 0 Å². The van der Waals surface area contributed by atoms with Crippen molar-refractivity contribution in [3.63, 3.8) is 0 Å². The third kappa shape index (κ3) is 3.76. The van der Waals surface area contributed by atoms with E-state index in [0.717, 1.165) is 33.8 Å². The van der Waals surface area contributed by atoms with Crippen molar-refractivity contribution < 1.29 is 4.74 Å². The zero-order valence-electron chi connectivity index (χ0n) is 20.9. The van der Waals surface area contributed by atoms with Crippen molar-refractivity contribution in [1.29, 1.82) is 0 Å². The van der Waals surface area contributed by atoms with Crippen LogP contribution in [0.5, 0.6) is 5.75 Å². The van der Waals surface area contributed by atoms with Crippen LogP contribution in [0, 0.1) is 0 Å². The summed E-state index contributed by atoms with van der Waals surface area (Å²) in [6.45, 7) is 0. The number of hydrogen-bond acceptors (Lipinski definition) is 2. The summed E-state index contributed by atoms with van der Waals surface area (Å²) in [6, 6.07) is 40.7. The molecule has 2 N–H and O–H groups in total. The molecule has 37 heavy (non-hydrogen) atoms. The van der Waals surface area contributed by atoms with Gasteiger partial charge in [-0.05, 0) is 53.8 Å². The lowest BCUT2D eigenvalue weighted by Gasteiger charge is -2.36. The summed E-state index contributed by atoms with van der Waals surface area (Å²) in [6.07, 6.45) is 4.11. The van der Waals surface area contributed by atoms with Crippen LogP contribution in [-0.4, -0.2) is 23.3 Å². The molecule has 0 spiro atoms. The first-order valence-corrected chi connectivity index (χ1v) is 13.6. The van der Waals surface area contributed by atoms with E-state index in [1.54, 1.807) is 18.9 Å². The van der Waals surface area contributed by atoms with Crippen LogP contribution in [0.3, 0.4) is 0 Å². The maximum absolute atomic E-state index is 6.03. The lowest BCUT2D eigenvalue weighted by atomic mass is 9.67. The smallest absolute Gasteiger partial charge is 0.123 e. The molecule has 6 aromatic rings. The quantitative estimate of drug-likeness (QED) is 0.217. The standard InChI is InChI=1S/C33H28N2OS/c1-36-29-16-9-7-14-27(29)33(30-17-10-22-34-30,24-18-20-25(37-2)21-19-24)32-31(23-11-4-3-5-12-23)26-13-6-8-15-28(26)35-32/h3-22,34-35H,1-2H3. The average Bonchev–Trinajstić information content (AvgIpc) is 3.64. The second-order valence-electron chi connectivity index (χ2n) is 9.05. The van der Waals surface area contributed by atoms with Gasteiger partial charge in [-0.2, -0.15) is 0 Å². The minimum Gasteiger partial charge on any atom is -0.496 e. The zero-order valence-corrected chi connectivity index (χ0v) is 21.7. The average molecular weight is 501 g/mol. The van der Waals surface area contributed by atoms with Crippen molar-refractivity contribution in [2.75, 3.05) is 13.4 Å². The third-order valence-electron chi connectivity index (χ3n) is 7.18. The van der Waals surface area contributed by atoms with Gasteiger partial charge in [-0.25, -0.2) is 0 Å². The van der Waals surface area contributed by atoms with E-state index in [-0.39, 0.29) is 0 Å². The molecule has 0 saturated carbocycles. The van der Waals surface area contributed by atoms with Crippen LogP contribution in [0.15, 0.2) is 126 Å². The number of benzene rings is 4. The highest BCUT2D eigenvalue weighted by atomic mass is 32.2. The molecule has 1 atom stereocenters. The minimum atomic E-state index is -0.697. The number of H-pyrrole nitrogens is 2. The van der Waals surface area contributed by atoms with Crippen LogP contribution in [0.1, 0.15) is 22.5 Å². The summed E-state index contributed by atoms with van der Waals surface area (Å²) in [5, 5.41) is 1.19. The molecule has 4 heteroatoms. The van der Waals surface area contributed by atoms with Gasteiger partial charge >= 0.3 is 0 Å². The van der Waals surface area contributed by atoms with Gasteiger partial charge in [0.25, 0.3) is 0 Å². The normalized spacial score (nSPS) is 12.9. The fraction of sp³-hybridized carbons (Fsp3) is 0.0909. The maximum Gasteiger partial charge on any atom is 0.123 e. The molecule has 0 amide bonds. The summed E-state index contributed by atoms with van der Waals surface area (Å²) < 4.78 is 6.03. The van der Waals surface area contributed by atoms with Crippen LogP contribution >= 0.6 is 11.8 Å². The van der Waals surface area contributed by atoms with Crippen LogP contribution in [0.2, 0.25) is 0 Å². The molecule has 2 heterocycles. The van der Waals surface area contributed by atoms with E-state index in [0.29, 0.717) is 0 Å². The Labute approximate surface area is 221 Å². The Kier molecular flexibility index (Phi) is 6.11. The van der Waals surface area contributed by atoms with E-state index in [4.69, 9.17) is 4.74 Å². The first-order valence-electron chi connectivity index (χ1n) is 12.4. The molecule has 2 aromatic heterocycles. The number of aromatic amines is 2. The Morgan fingerprint density at radius 1 is 0.730 bits per heavy atom. The largest absolute Gasteiger partial charge is 0.496 e. The number of fused-ring (bicyclic) bond motifs is 1. The summed E-state index contributed by atoms with van der Waals surface area (Å²) in [5.74, 6) is 0.837. The highest BCUT2D eigenvalue weighted by molar-refractivity contribution is 7.98. The number of methoxy groups -OCH3 is 1. The van der Waals surface area contributed by atoms with Gasteiger partial charge in [0.05, 0.1) is 7.11 Å². The van der Waals surface area contributed by atoms with Crippen molar-refractivity contribution in [1.82, 2.24) is 9.97 Å². The topological polar surface area (TPSA) is 40.8 Å². The van der Waals surface area contributed by atoms with E-state index < -0.39 is 5.41 Å². The molecule has 182 valence electrons. The molecule has 4 aromatic carbocycles. The number of thioether (sulfide) groups is 1. The predicted molar refractivity (Wildman–Crippen MR) is 155 cm³/mol. The Morgan fingerprint density at radius 2 is 1.46 bits per heavy atom. The monoisotopic (exact) mass is 500 g/mol. The molecule has 6 rings (SSSR count). The van der Waals surface area contributed by atoms with Crippen molar-refractivity contribution in [3.05, 3.63) is 144 Å². The molecule has 0 bridgehead atoms. The third-order valence-corrected chi connectivity index (χ3v) is 7.92. The molecular weight excluding hydrogens is 472 g/mol. The molecule has 0 saturated heterocycles. The van der Waals surface area contributed by atoms with Gasteiger partial charge < -0.3 is 14.7 Å². The van der Waals surface area contributed by atoms with Gasteiger partial charge in [-0.15, -0.1) is 11.8 Å². The second kappa shape index (κ2) is 9.72. The number of rotatable bonds is 7. The van der Waals surface area contributed by atoms with Gasteiger partial charge in [-0.1, -0.05) is 78.9 Å². The highest BCUT2D eigenvalue weighted by Crippen LogP contribution is 2.51. The van der Waals surface area contributed by atoms with Crippen molar-refractivity contribution in [3.8, 4) is 16.9 Å². The Bertz CT molecular complexity index is 1640. The predicted octanol–water partition coefficient (Wildman–Crippen LogP) is 8.28. The van der Waals surface area contributed by atoms with Crippen LogP contribution in [0.25, 0.3) is 22.0 Å². The number of aromatic nitrogens is 2. The zero-order chi connectivity index (χ0) is 25.2. The summed E-state index contributed by atoms with van der Waals surface area (Å²) in [4.78, 5) is 8.71. The van der Waals surface area contributed by atoms with Crippen LogP contribution in [-0.2, 0) is 5.41 Å². The van der Waals surface area contributed by atoms with E-state index in [1.165, 1.54) is 21.4 Å². The Morgan fingerprint density at radius 3 is 2.19 bits per heavy atom. The second-order valence-corrected chi connectivity index (χ2v) is 9.93. The molecule has 3 nitrogen and oxygen atoms in total. The minimum absolute atomic E-state index is 0.697. The van der Waals surface area contributed by atoms with Gasteiger partial charge in [0, 0.05) is 44.5 Å². The molecule has 0 aliphatic rings. The maximum atomic E-state index is 6.03. The van der Waals surface area contributed by atoms with Gasteiger partial charge in [-0.3, -0.25) is 0 Å². The lowest BCUT2D eigenvalue weighted by Crippen LogP contribution is -2.33. The van der Waals surface area contributed by atoms with Crippen molar-refractivity contribution >= 4 is 22.7 Å². The first-order chi connectivity index (χ1) is 18.3. The molecule has 0 aliphatic heterocycles. The van der Waals surface area contributed by atoms with Crippen LogP contribution < -0.4 is 4.74 Å². The summed E-state index contributed by atoms with van der Waals surface area (Å²) >= 11 is 1.75. The molecule has 0 aliphatic carbocycles. The SMILES string of the molecule is COc1ccccc1C(c1ccc(SC)cc1)(c1ccc[nH]1)c1[nH]c2ccccc2c1-c1ccccc1. The molecular formula is C33H28N2OS. The molecule has 0 radical (unpaired) electrons. The summed E-state index contributed by atoms with van der Waals surface area (Å²) in [7, 11) is 1.75. The number of nitrogens with one attached hydrogen (secondary N) is 2. The molecule has 1 unspecified atom stereocenters. The number of ether oxygens (including phenoxy) is 1. The first kappa shape index (κ1) is 23.3. The number of para-hydroxylation sites is 2. The molecule has 0 fully saturated rings. The highest BCUT2D eigenvalue weighted by Gasteiger charge is 2.44. The van der Waals surface area contributed by atoms with Gasteiger partial charge in [0.2, 0.25) is 0 Å². The lowest BCUT2D eigenvalue weighted by molar-refractivity contribution is 0.404. The van der Waals surface area contributed by atoms with Gasteiger partial charge in [0.1, 0.15) is 11.2 Å².